The molecular weight excluding hydrogens is 262 g/mol. The summed E-state index contributed by atoms with van der Waals surface area (Å²) in [6.45, 7) is 1.98. The lowest BCUT2D eigenvalue weighted by Crippen LogP contribution is -2.15. The number of carboxylic acids is 1. The number of hydrogen-bond donors (Lipinski definition) is 1. The zero-order chi connectivity index (χ0) is 14.0. The van der Waals surface area contributed by atoms with Crippen LogP contribution in [-0.4, -0.2) is 18.1 Å². The van der Waals surface area contributed by atoms with Gasteiger partial charge in [-0.3, -0.25) is 0 Å². The van der Waals surface area contributed by atoms with Crippen LogP contribution in [0.1, 0.15) is 15.9 Å². The second-order valence-electron chi connectivity index (χ2n) is 4.29. The van der Waals surface area contributed by atoms with E-state index in [1.54, 1.807) is 23.1 Å². The van der Waals surface area contributed by atoms with E-state index >= 15 is 0 Å². The normalized spacial score (nSPS) is 10.3. The van der Waals surface area contributed by atoms with E-state index < -0.39 is 5.97 Å². The fourth-order valence-electron chi connectivity index (χ4n) is 2.09. The number of carbonyl (C=O) groups is 1. The van der Waals surface area contributed by atoms with Gasteiger partial charge in [0.1, 0.15) is 0 Å². The number of rotatable bonds is 3. The van der Waals surface area contributed by atoms with E-state index in [0.717, 1.165) is 11.3 Å². The van der Waals surface area contributed by atoms with Crippen molar-refractivity contribution >= 4 is 28.9 Å². The highest BCUT2D eigenvalue weighted by atomic mass is 35.5. The predicted octanol–water partition coefficient (Wildman–Crippen LogP) is 4.11. The smallest absolute Gasteiger partial charge is 0.337 e. The summed E-state index contributed by atoms with van der Waals surface area (Å²) in [7, 11) is 1.82. The number of halogens is 1. The maximum absolute atomic E-state index is 11.3. The minimum absolute atomic E-state index is 0.193. The highest BCUT2D eigenvalue weighted by Gasteiger charge is 2.18. The summed E-state index contributed by atoms with van der Waals surface area (Å²) in [5, 5.41) is 9.69. The molecule has 1 N–H and O–H groups in total. The Morgan fingerprint density at radius 2 is 1.84 bits per heavy atom. The van der Waals surface area contributed by atoms with Gasteiger partial charge >= 0.3 is 5.97 Å². The van der Waals surface area contributed by atoms with Gasteiger partial charge in [-0.1, -0.05) is 35.9 Å². The van der Waals surface area contributed by atoms with Gasteiger partial charge in [-0.25, -0.2) is 4.79 Å². The first-order chi connectivity index (χ1) is 9.02. The number of hydrogen-bond acceptors (Lipinski definition) is 2. The Morgan fingerprint density at radius 1 is 1.16 bits per heavy atom. The third-order valence-corrected chi connectivity index (χ3v) is 3.33. The van der Waals surface area contributed by atoms with Crippen LogP contribution in [-0.2, 0) is 0 Å². The predicted molar refractivity (Wildman–Crippen MR) is 77.7 cm³/mol. The third kappa shape index (κ3) is 2.56. The lowest BCUT2D eigenvalue weighted by molar-refractivity contribution is 0.0697. The molecule has 0 bridgehead atoms. The molecule has 98 valence electrons. The molecule has 3 nitrogen and oxygen atoms in total. The molecule has 0 unspecified atom stereocenters. The number of aryl methyl sites for hydroxylation is 1. The van der Waals surface area contributed by atoms with E-state index in [1.165, 1.54) is 0 Å². The summed E-state index contributed by atoms with van der Waals surface area (Å²) >= 11 is 6.17. The zero-order valence-electron chi connectivity index (χ0n) is 10.7. The molecule has 2 aromatic carbocycles. The van der Waals surface area contributed by atoms with Crippen molar-refractivity contribution in [2.24, 2.45) is 0 Å². The Kier molecular flexibility index (Phi) is 3.76. The van der Waals surface area contributed by atoms with E-state index in [2.05, 4.69) is 0 Å². The molecule has 0 aliphatic heterocycles. The lowest BCUT2D eigenvalue weighted by atomic mass is 10.1. The molecule has 0 aliphatic carbocycles. The monoisotopic (exact) mass is 275 g/mol. The number of anilines is 2. The molecule has 0 aliphatic rings. The SMILES string of the molecule is Cc1ccccc1N(C)c1c(Cl)cccc1C(=O)O. The number of carboxylic acid groups (broad SMARTS) is 1. The summed E-state index contributed by atoms with van der Waals surface area (Å²) in [4.78, 5) is 13.1. The Hall–Kier alpha value is -2.00. The first kappa shape index (κ1) is 13.4. The van der Waals surface area contributed by atoms with Crippen LogP contribution in [0.4, 0.5) is 11.4 Å². The molecule has 0 amide bonds. The maximum atomic E-state index is 11.3. The molecule has 0 aromatic heterocycles. The van der Waals surface area contributed by atoms with E-state index in [0.29, 0.717) is 10.7 Å². The van der Waals surface area contributed by atoms with Crippen molar-refractivity contribution in [2.75, 3.05) is 11.9 Å². The molecule has 0 saturated carbocycles. The van der Waals surface area contributed by atoms with Crippen LogP contribution in [0.15, 0.2) is 42.5 Å². The molecule has 4 heteroatoms. The topological polar surface area (TPSA) is 40.5 Å². The third-order valence-electron chi connectivity index (χ3n) is 3.03. The van der Waals surface area contributed by atoms with Crippen LogP contribution >= 0.6 is 11.6 Å². The van der Waals surface area contributed by atoms with E-state index in [-0.39, 0.29) is 5.56 Å². The molecule has 19 heavy (non-hydrogen) atoms. The molecule has 0 saturated heterocycles. The number of nitrogens with zero attached hydrogens (tertiary/aromatic N) is 1. The van der Waals surface area contributed by atoms with E-state index in [1.807, 2.05) is 38.2 Å². The van der Waals surface area contributed by atoms with Crippen molar-refractivity contribution in [3.8, 4) is 0 Å². The summed E-state index contributed by atoms with van der Waals surface area (Å²) < 4.78 is 0. The van der Waals surface area contributed by atoms with Crippen LogP contribution < -0.4 is 4.90 Å². The van der Waals surface area contributed by atoms with Gasteiger partial charge in [0, 0.05) is 12.7 Å². The maximum Gasteiger partial charge on any atom is 0.337 e. The summed E-state index contributed by atoms with van der Waals surface area (Å²) in [5.74, 6) is -0.988. The average Bonchev–Trinajstić information content (AvgIpc) is 2.38. The van der Waals surface area contributed by atoms with Crippen LogP contribution in [0, 0.1) is 6.92 Å². The standard InChI is InChI=1S/C15H14ClNO2/c1-10-6-3-4-9-13(10)17(2)14-11(15(18)19)7-5-8-12(14)16/h3-9H,1-2H3,(H,18,19). The highest BCUT2D eigenvalue weighted by Crippen LogP contribution is 2.35. The molecule has 0 atom stereocenters. The quantitative estimate of drug-likeness (QED) is 0.916. The molecule has 2 rings (SSSR count). The summed E-state index contributed by atoms with van der Waals surface area (Å²) in [6, 6.07) is 12.7. The van der Waals surface area contributed by atoms with Crippen molar-refractivity contribution in [3.05, 3.63) is 58.6 Å². The van der Waals surface area contributed by atoms with Gasteiger partial charge in [0.25, 0.3) is 0 Å². The summed E-state index contributed by atoms with van der Waals surface area (Å²) in [6.07, 6.45) is 0. The van der Waals surface area contributed by atoms with Crippen molar-refractivity contribution in [2.45, 2.75) is 6.92 Å². The minimum Gasteiger partial charge on any atom is -0.478 e. The first-order valence-electron chi connectivity index (χ1n) is 5.83. The van der Waals surface area contributed by atoms with Crippen LogP contribution in [0.3, 0.4) is 0 Å². The number of aromatic carboxylic acids is 1. The molecule has 0 spiro atoms. The van der Waals surface area contributed by atoms with Crippen LogP contribution in [0.2, 0.25) is 5.02 Å². The van der Waals surface area contributed by atoms with Gasteiger partial charge in [0.2, 0.25) is 0 Å². The Labute approximate surface area is 117 Å². The molecule has 0 heterocycles. The van der Waals surface area contributed by atoms with Gasteiger partial charge < -0.3 is 10.0 Å². The van der Waals surface area contributed by atoms with Gasteiger partial charge in [0.05, 0.1) is 16.3 Å². The van der Waals surface area contributed by atoms with Gasteiger partial charge in [-0.05, 0) is 30.7 Å². The van der Waals surface area contributed by atoms with Gasteiger partial charge in [-0.15, -0.1) is 0 Å². The lowest BCUT2D eigenvalue weighted by Gasteiger charge is -2.24. The van der Waals surface area contributed by atoms with Crippen molar-refractivity contribution in [1.29, 1.82) is 0 Å². The largest absolute Gasteiger partial charge is 0.478 e. The van der Waals surface area contributed by atoms with Gasteiger partial charge in [0.15, 0.2) is 0 Å². The second-order valence-corrected chi connectivity index (χ2v) is 4.69. The molecule has 0 radical (unpaired) electrons. The fourth-order valence-corrected chi connectivity index (χ4v) is 2.39. The van der Waals surface area contributed by atoms with Crippen molar-refractivity contribution < 1.29 is 9.90 Å². The van der Waals surface area contributed by atoms with Gasteiger partial charge in [-0.2, -0.15) is 0 Å². The van der Waals surface area contributed by atoms with Crippen molar-refractivity contribution in [3.63, 3.8) is 0 Å². The Balaban J connectivity index is 2.59. The Bertz CT molecular complexity index is 625. The molecule has 2 aromatic rings. The van der Waals surface area contributed by atoms with Crippen LogP contribution in [0.5, 0.6) is 0 Å². The molecular formula is C15H14ClNO2. The number of para-hydroxylation sites is 2. The average molecular weight is 276 g/mol. The van der Waals surface area contributed by atoms with Crippen molar-refractivity contribution in [1.82, 2.24) is 0 Å². The molecule has 0 fully saturated rings. The highest BCUT2D eigenvalue weighted by molar-refractivity contribution is 6.34. The first-order valence-corrected chi connectivity index (χ1v) is 6.21. The van der Waals surface area contributed by atoms with E-state index in [9.17, 15) is 9.90 Å². The van der Waals surface area contributed by atoms with E-state index in [4.69, 9.17) is 11.6 Å². The number of benzene rings is 2. The fraction of sp³-hybridized carbons (Fsp3) is 0.133. The zero-order valence-corrected chi connectivity index (χ0v) is 11.5. The van der Waals surface area contributed by atoms with Crippen LogP contribution in [0.25, 0.3) is 0 Å². The second kappa shape index (κ2) is 5.33. The minimum atomic E-state index is -0.988. The Morgan fingerprint density at radius 3 is 2.47 bits per heavy atom. The summed E-state index contributed by atoms with van der Waals surface area (Å²) in [5.41, 5.74) is 2.68.